The highest BCUT2D eigenvalue weighted by Crippen LogP contribution is 2.33. The summed E-state index contributed by atoms with van der Waals surface area (Å²) in [5, 5.41) is 2.56. The molecule has 2 aromatic carbocycles. The molecule has 86 valence electrons. The van der Waals surface area contributed by atoms with Gasteiger partial charge in [-0.25, -0.2) is 0 Å². The zero-order chi connectivity index (χ0) is 11.8. The molecule has 3 aromatic rings. The van der Waals surface area contributed by atoms with Crippen LogP contribution >= 0.6 is 11.6 Å². The third-order valence-electron chi connectivity index (χ3n) is 3.23. The van der Waals surface area contributed by atoms with Crippen molar-refractivity contribution < 1.29 is 0 Å². The van der Waals surface area contributed by atoms with E-state index < -0.39 is 0 Å². The predicted molar refractivity (Wildman–Crippen MR) is 74.6 cm³/mol. The van der Waals surface area contributed by atoms with Crippen LogP contribution in [0.3, 0.4) is 0 Å². The fourth-order valence-electron chi connectivity index (χ4n) is 2.44. The minimum atomic E-state index is 0.0137. The Labute approximate surface area is 106 Å². The lowest BCUT2D eigenvalue weighted by Crippen LogP contribution is -2.00. The van der Waals surface area contributed by atoms with Crippen molar-refractivity contribution in [3.8, 4) is 0 Å². The van der Waals surface area contributed by atoms with Gasteiger partial charge in [0.25, 0.3) is 0 Å². The van der Waals surface area contributed by atoms with Crippen LogP contribution in [0.4, 0.5) is 0 Å². The molecule has 2 heteroatoms. The van der Waals surface area contributed by atoms with Gasteiger partial charge in [-0.3, -0.25) is 0 Å². The molecule has 0 N–H and O–H groups in total. The summed E-state index contributed by atoms with van der Waals surface area (Å²) in [5.74, 6) is 0. The number of alkyl halides is 1. The van der Waals surface area contributed by atoms with E-state index in [2.05, 4.69) is 60.0 Å². The van der Waals surface area contributed by atoms with E-state index >= 15 is 0 Å². The van der Waals surface area contributed by atoms with E-state index in [1.165, 1.54) is 21.8 Å². The van der Waals surface area contributed by atoms with Gasteiger partial charge < -0.3 is 4.57 Å². The largest absolute Gasteiger partial charge is 0.323 e. The SMILES string of the molecule is CCC(Cl)n1c2ccccc2c2ccccc21. The van der Waals surface area contributed by atoms with Crippen LogP contribution in [0.25, 0.3) is 21.8 Å². The summed E-state index contributed by atoms with van der Waals surface area (Å²) in [7, 11) is 0. The molecule has 0 fully saturated rings. The molecule has 0 spiro atoms. The highest BCUT2D eigenvalue weighted by molar-refractivity contribution is 6.21. The Hall–Kier alpha value is -1.47. The molecule has 0 saturated heterocycles. The molecule has 1 heterocycles. The first-order valence-corrected chi connectivity index (χ1v) is 6.38. The molecule has 0 bridgehead atoms. The Morgan fingerprint density at radius 2 is 1.41 bits per heavy atom. The maximum absolute atomic E-state index is 6.45. The Balaban J connectivity index is 2.50. The second kappa shape index (κ2) is 4.08. The van der Waals surface area contributed by atoms with E-state index in [0.717, 1.165) is 6.42 Å². The predicted octanol–water partition coefficient (Wildman–Crippen LogP) is 4.94. The number of halogens is 1. The van der Waals surface area contributed by atoms with Gasteiger partial charge in [-0.1, -0.05) is 54.9 Å². The van der Waals surface area contributed by atoms with Crippen molar-refractivity contribution in [2.45, 2.75) is 18.8 Å². The first kappa shape index (κ1) is 10.7. The molecule has 1 nitrogen and oxygen atoms in total. The van der Waals surface area contributed by atoms with Gasteiger partial charge in [0.15, 0.2) is 0 Å². The number of hydrogen-bond acceptors (Lipinski definition) is 0. The molecule has 0 aliphatic carbocycles. The number of aromatic nitrogens is 1. The standard InChI is InChI=1S/C15H14ClN/c1-2-15(16)17-13-9-5-3-7-11(13)12-8-4-6-10-14(12)17/h3-10,15H,2H2,1H3. The highest BCUT2D eigenvalue weighted by atomic mass is 35.5. The van der Waals surface area contributed by atoms with Gasteiger partial charge in [-0.15, -0.1) is 0 Å². The molecule has 1 unspecified atom stereocenters. The Morgan fingerprint density at radius 1 is 0.941 bits per heavy atom. The third kappa shape index (κ3) is 1.54. The van der Waals surface area contributed by atoms with Crippen LogP contribution in [-0.2, 0) is 0 Å². The summed E-state index contributed by atoms with van der Waals surface area (Å²) >= 11 is 6.45. The van der Waals surface area contributed by atoms with Crippen LogP contribution in [0.15, 0.2) is 48.5 Å². The number of hydrogen-bond donors (Lipinski definition) is 0. The molecule has 1 atom stereocenters. The number of fused-ring (bicyclic) bond motifs is 3. The molecule has 0 amide bonds. The van der Waals surface area contributed by atoms with E-state index in [0.29, 0.717) is 0 Å². The van der Waals surface area contributed by atoms with Crippen LogP contribution in [0, 0.1) is 0 Å². The van der Waals surface area contributed by atoms with E-state index in [1.54, 1.807) is 0 Å². The van der Waals surface area contributed by atoms with E-state index in [-0.39, 0.29) is 5.50 Å². The quantitative estimate of drug-likeness (QED) is 0.562. The van der Waals surface area contributed by atoms with Gasteiger partial charge in [-0.2, -0.15) is 0 Å². The number of para-hydroxylation sites is 2. The molecular weight excluding hydrogens is 230 g/mol. The highest BCUT2D eigenvalue weighted by Gasteiger charge is 2.13. The zero-order valence-corrected chi connectivity index (χ0v) is 10.5. The topological polar surface area (TPSA) is 4.93 Å². The summed E-state index contributed by atoms with van der Waals surface area (Å²) < 4.78 is 2.23. The van der Waals surface area contributed by atoms with E-state index in [9.17, 15) is 0 Å². The lowest BCUT2D eigenvalue weighted by molar-refractivity contribution is 0.689. The molecule has 0 aliphatic rings. The van der Waals surface area contributed by atoms with Gasteiger partial charge in [0.2, 0.25) is 0 Å². The van der Waals surface area contributed by atoms with Crippen molar-refractivity contribution in [3.63, 3.8) is 0 Å². The fourth-order valence-corrected chi connectivity index (χ4v) is 2.65. The lowest BCUT2D eigenvalue weighted by Gasteiger charge is -2.12. The number of nitrogens with zero attached hydrogens (tertiary/aromatic N) is 1. The molecule has 1 aromatic heterocycles. The zero-order valence-electron chi connectivity index (χ0n) is 9.73. The van der Waals surface area contributed by atoms with Gasteiger partial charge in [0, 0.05) is 10.8 Å². The van der Waals surface area contributed by atoms with Crippen LogP contribution in [0.1, 0.15) is 18.8 Å². The van der Waals surface area contributed by atoms with Gasteiger partial charge in [0.05, 0.1) is 11.0 Å². The third-order valence-corrected chi connectivity index (χ3v) is 3.74. The van der Waals surface area contributed by atoms with Crippen molar-refractivity contribution in [2.24, 2.45) is 0 Å². The van der Waals surface area contributed by atoms with Crippen LogP contribution in [-0.4, -0.2) is 4.57 Å². The van der Waals surface area contributed by atoms with E-state index in [4.69, 9.17) is 11.6 Å². The molecule has 17 heavy (non-hydrogen) atoms. The molecule has 3 rings (SSSR count). The molecular formula is C15H14ClN. The summed E-state index contributed by atoms with van der Waals surface area (Å²) in [6, 6.07) is 16.9. The maximum Gasteiger partial charge on any atom is 0.108 e. The minimum absolute atomic E-state index is 0.0137. The van der Waals surface area contributed by atoms with Gasteiger partial charge >= 0.3 is 0 Å². The fraction of sp³-hybridized carbons (Fsp3) is 0.200. The van der Waals surface area contributed by atoms with E-state index in [1.807, 2.05) is 0 Å². The molecule has 0 aliphatic heterocycles. The van der Waals surface area contributed by atoms with Gasteiger partial charge in [0.1, 0.15) is 5.50 Å². The summed E-state index contributed by atoms with van der Waals surface area (Å²) in [6.07, 6.45) is 0.921. The first-order valence-electron chi connectivity index (χ1n) is 5.94. The summed E-state index contributed by atoms with van der Waals surface area (Å²) in [6.45, 7) is 2.11. The normalized spacial score (nSPS) is 13.3. The Morgan fingerprint density at radius 3 is 1.88 bits per heavy atom. The average Bonchev–Trinajstić information content (AvgIpc) is 2.72. The lowest BCUT2D eigenvalue weighted by atomic mass is 10.2. The van der Waals surface area contributed by atoms with Crippen molar-refractivity contribution in [1.29, 1.82) is 0 Å². The maximum atomic E-state index is 6.45. The summed E-state index contributed by atoms with van der Waals surface area (Å²) in [5.41, 5.74) is 2.45. The Kier molecular flexibility index (Phi) is 2.56. The van der Waals surface area contributed by atoms with Crippen LogP contribution < -0.4 is 0 Å². The van der Waals surface area contributed by atoms with Gasteiger partial charge in [-0.05, 0) is 18.6 Å². The van der Waals surface area contributed by atoms with Crippen molar-refractivity contribution in [3.05, 3.63) is 48.5 Å². The summed E-state index contributed by atoms with van der Waals surface area (Å²) in [4.78, 5) is 0. The second-order valence-electron chi connectivity index (χ2n) is 4.25. The smallest absolute Gasteiger partial charge is 0.108 e. The van der Waals surface area contributed by atoms with Crippen LogP contribution in [0.2, 0.25) is 0 Å². The van der Waals surface area contributed by atoms with Crippen molar-refractivity contribution >= 4 is 33.4 Å². The molecule has 0 radical (unpaired) electrons. The second-order valence-corrected chi connectivity index (χ2v) is 4.75. The molecule has 0 saturated carbocycles. The van der Waals surface area contributed by atoms with Crippen LogP contribution in [0.5, 0.6) is 0 Å². The Bertz CT molecular complexity index is 616. The van der Waals surface area contributed by atoms with Crippen molar-refractivity contribution in [2.75, 3.05) is 0 Å². The first-order chi connectivity index (χ1) is 8.33. The van der Waals surface area contributed by atoms with Crippen molar-refractivity contribution in [1.82, 2.24) is 4.57 Å². The monoisotopic (exact) mass is 243 g/mol. The number of benzene rings is 2. The average molecular weight is 244 g/mol. The number of rotatable bonds is 2. The minimum Gasteiger partial charge on any atom is -0.323 e.